The zero-order valence-corrected chi connectivity index (χ0v) is 10.3. The molecule has 1 saturated heterocycles. The summed E-state index contributed by atoms with van der Waals surface area (Å²) in [4.78, 5) is 14.2. The van der Waals surface area contributed by atoms with Crippen molar-refractivity contribution < 1.29 is 9.53 Å². The number of hydrogen-bond acceptors (Lipinski definition) is 3. The minimum atomic E-state index is 0.0592. The van der Waals surface area contributed by atoms with E-state index in [1.807, 2.05) is 24.8 Å². The molecule has 0 radical (unpaired) electrons. The first-order chi connectivity index (χ1) is 8.09. The third kappa shape index (κ3) is 2.42. The number of aryl methyl sites for hydroxylation is 1. The Labute approximate surface area is 101 Å². The molecule has 1 unspecified atom stereocenters. The number of rotatable bonds is 1. The largest absolute Gasteiger partial charge is 0.399 e. The molecule has 2 rings (SSSR count). The smallest absolute Gasteiger partial charge is 0.254 e. The average molecular weight is 234 g/mol. The lowest BCUT2D eigenvalue weighted by atomic mass is 10.1. The molecular formula is C13H18N2O2. The highest BCUT2D eigenvalue weighted by Crippen LogP contribution is 2.16. The van der Waals surface area contributed by atoms with E-state index < -0.39 is 0 Å². The zero-order chi connectivity index (χ0) is 12.4. The number of nitrogen functional groups attached to an aromatic ring is 1. The molecule has 4 nitrogen and oxygen atoms in total. The predicted molar refractivity (Wildman–Crippen MR) is 66.9 cm³/mol. The highest BCUT2D eigenvalue weighted by Gasteiger charge is 2.24. The number of anilines is 1. The average Bonchev–Trinajstić information content (AvgIpc) is 2.32. The van der Waals surface area contributed by atoms with Crippen LogP contribution in [0.1, 0.15) is 22.8 Å². The first-order valence-electron chi connectivity index (χ1n) is 5.84. The van der Waals surface area contributed by atoms with Gasteiger partial charge in [-0.05, 0) is 37.6 Å². The van der Waals surface area contributed by atoms with Crippen molar-refractivity contribution in [1.29, 1.82) is 0 Å². The van der Waals surface area contributed by atoms with Crippen LogP contribution in [0.4, 0.5) is 5.69 Å². The molecular weight excluding hydrogens is 216 g/mol. The van der Waals surface area contributed by atoms with Crippen LogP contribution in [0.3, 0.4) is 0 Å². The van der Waals surface area contributed by atoms with E-state index in [0.29, 0.717) is 25.3 Å². The molecule has 4 heteroatoms. The maximum atomic E-state index is 12.3. The number of amides is 1. The maximum Gasteiger partial charge on any atom is 0.254 e. The highest BCUT2D eigenvalue weighted by molar-refractivity contribution is 5.95. The van der Waals surface area contributed by atoms with Gasteiger partial charge in [0.2, 0.25) is 0 Å². The molecule has 0 bridgehead atoms. The molecule has 92 valence electrons. The Kier molecular flexibility index (Phi) is 3.33. The number of nitrogens with zero attached hydrogens (tertiary/aromatic N) is 1. The molecule has 1 aliphatic heterocycles. The second kappa shape index (κ2) is 4.75. The number of hydrogen-bond donors (Lipinski definition) is 1. The van der Waals surface area contributed by atoms with Crippen molar-refractivity contribution in [1.82, 2.24) is 4.90 Å². The second-order valence-corrected chi connectivity index (χ2v) is 4.49. The van der Waals surface area contributed by atoms with Gasteiger partial charge in [0, 0.05) is 17.8 Å². The SMILES string of the molecule is Cc1cc(C(=O)N2CCOCC2C)ccc1N. The number of carbonyl (C=O) groups excluding carboxylic acids is 1. The van der Waals surface area contributed by atoms with Crippen LogP contribution in [0.2, 0.25) is 0 Å². The molecule has 0 spiro atoms. The Bertz CT molecular complexity index is 431. The molecule has 1 heterocycles. The number of morpholine rings is 1. The molecule has 0 saturated carbocycles. The molecule has 1 amide bonds. The third-order valence-electron chi connectivity index (χ3n) is 3.15. The molecule has 0 aromatic heterocycles. The Hall–Kier alpha value is -1.55. The van der Waals surface area contributed by atoms with E-state index in [1.54, 1.807) is 12.1 Å². The van der Waals surface area contributed by atoms with E-state index in [0.717, 1.165) is 11.3 Å². The predicted octanol–water partition coefficient (Wildman–Crippen LogP) is 1.44. The summed E-state index contributed by atoms with van der Waals surface area (Å²) in [5.74, 6) is 0.0592. The van der Waals surface area contributed by atoms with Crippen molar-refractivity contribution in [2.75, 3.05) is 25.5 Å². The van der Waals surface area contributed by atoms with E-state index in [4.69, 9.17) is 10.5 Å². The standard InChI is InChI=1S/C13H18N2O2/c1-9-7-11(3-4-12(9)14)13(16)15-5-6-17-8-10(15)2/h3-4,7,10H,5-6,8,14H2,1-2H3. The van der Waals surface area contributed by atoms with Gasteiger partial charge in [0.15, 0.2) is 0 Å². The van der Waals surface area contributed by atoms with Crippen LogP contribution in [-0.2, 0) is 4.74 Å². The van der Waals surface area contributed by atoms with Gasteiger partial charge in [-0.3, -0.25) is 4.79 Å². The van der Waals surface area contributed by atoms with Crippen molar-refractivity contribution in [2.45, 2.75) is 19.9 Å². The van der Waals surface area contributed by atoms with Gasteiger partial charge < -0.3 is 15.4 Å². The first-order valence-corrected chi connectivity index (χ1v) is 5.84. The summed E-state index contributed by atoms with van der Waals surface area (Å²) in [6, 6.07) is 5.55. The monoisotopic (exact) mass is 234 g/mol. The van der Waals surface area contributed by atoms with E-state index >= 15 is 0 Å². The van der Waals surface area contributed by atoms with Crippen molar-refractivity contribution >= 4 is 11.6 Å². The quantitative estimate of drug-likeness (QED) is 0.748. The summed E-state index contributed by atoms with van der Waals surface area (Å²) >= 11 is 0. The van der Waals surface area contributed by atoms with Crippen LogP contribution in [0, 0.1) is 6.92 Å². The lowest BCUT2D eigenvalue weighted by molar-refractivity contribution is 0.00359. The van der Waals surface area contributed by atoms with Crippen molar-refractivity contribution in [3.63, 3.8) is 0 Å². The summed E-state index contributed by atoms with van der Waals surface area (Å²) in [7, 11) is 0. The molecule has 1 aromatic carbocycles. The lowest BCUT2D eigenvalue weighted by Gasteiger charge is -2.33. The van der Waals surface area contributed by atoms with Crippen LogP contribution in [-0.4, -0.2) is 36.6 Å². The molecule has 1 atom stereocenters. The van der Waals surface area contributed by atoms with Gasteiger partial charge in [0.25, 0.3) is 5.91 Å². The van der Waals surface area contributed by atoms with Crippen LogP contribution in [0.25, 0.3) is 0 Å². The molecule has 1 fully saturated rings. The van der Waals surface area contributed by atoms with Crippen LogP contribution in [0.5, 0.6) is 0 Å². The Morgan fingerprint density at radius 1 is 1.53 bits per heavy atom. The second-order valence-electron chi connectivity index (χ2n) is 4.49. The van der Waals surface area contributed by atoms with Crippen molar-refractivity contribution in [3.05, 3.63) is 29.3 Å². The molecule has 17 heavy (non-hydrogen) atoms. The minimum Gasteiger partial charge on any atom is -0.399 e. The van der Waals surface area contributed by atoms with Gasteiger partial charge in [-0.1, -0.05) is 0 Å². The third-order valence-corrected chi connectivity index (χ3v) is 3.15. The van der Waals surface area contributed by atoms with E-state index in [1.165, 1.54) is 0 Å². The van der Waals surface area contributed by atoms with Gasteiger partial charge in [-0.15, -0.1) is 0 Å². The molecule has 0 aliphatic carbocycles. The molecule has 1 aromatic rings. The molecule has 2 N–H and O–H groups in total. The topological polar surface area (TPSA) is 55.6 Å². The fraction of sp³-hybridized carbons (Fsp3) is 0.462. The fourth-order valence-corrected chi connectivity index (χ4v) is 2.00. The summed E-state index contributed by atoms with van der Waals surface area (Å²) in [5.41, 5.74) is 8.11. The van der Waals surface area contributed by atoms with E-state index in [9.17, 15) is 4.79 Å². The number of ether oxygens (including phenoxy) is 1. The summed E-state index contributed by atoms with van der Waals surface area (Å²) in [5, 5.41) is 0. The van der Waals surface area contributed by atoms with Crippen LogP contribution < -0.4 is 5.73 Å². The number of carbonyl (C=O) groups is 1. The van der Waals surface area contributed by atoms with E-state index in [2.05, 4.69) is 0 Å². The Morgan fingerprint density at radius 2 is 2.29 bits per heavy atom. The van der Waals surface area contributed by atoms with Crippen molar-refractivity contribution in [2.24, 2.45) is 0 Å². The fourth-order valence-electron chi connectivity index (χ4n) is 2.00. The maximum absolute atomic E-state index is 12.3. The van der Waals surface area contributed by atoms with E-state index in [-0.39, 0.29) is 11.9 Å². The zero-order valence-electron chi connectivity index (χ0n) is 10.3. The molecule has 1 aliphatic rings. The normalized spacial score (nSPS) is 20.4. The van der Waals surface area contributed by atoms with Crippen molar-refractivity contribution in [3.8, 4) is 0 Å². The van der Waals surface area contributed by atoms with Gasteiger partial charge in [-0.25, -0.2) is 0 Å². The van der Waals surface area contributed by atoms with Gasteiger partial charge in [0.1, 0.15) is 0 Å². The first kappa shape index (κ1) is 11.9. The Balaban J connectivity index is 2.21. The minimum absolute atomic E-state index is 0.0592. The number of nitrogens with two attached hydrogens (primary N) is 1. The van der Waals surface area contributed by atoms with Crippen LogP contribution >= 0.6 is 0 Å². The van der Waals surface area contributed by atoms with Gasteiger partial charge in [0.05, 0.1) is 19.3 Å². The van der Waals surface area contributed by atoms with Gasteiger partial charge >= 0.3 is 0 Å². The lowest BCUT2D eigenvalue weighted by Crippen LogP contribution is -2.47. The highest BCUT2D eigenvalue weighted by atomic mass is 16.5. The summed E-state index contributed by atoms with van der Waals surface area (Å²) in [6.07, 6.45) is 0. The summed E-state index contributed by atoms with van der Waals surface area (Å²) < 4.78 is 5.33. The summed E-state index contributed by atoms with van der Waals surface area (Å²) in [6.45, 7) is 5.79. The van der Waals surface area contributed by atoms with Crippen LogP contribution in [0.15, 0.2) is 18.2 Å². The Morgan fingerprint density at radius 3 is 2.94 bits per heavy atom. The number of benzene rings is 1. The van der Waals surface area contributed by atoms with Gasteiger partial charge in [-0.2, -0.15) is 0 Å².